The van der Waals surface area contributed by atoms with Crippen LogP contribution in [0.15, 0.2) is 42.9 Å². The molecule has 0 spiro atoms. The van der Waals surface area contributed by atoms with Crippen LogP contribution in [-0.4, -0.2) is 37.4 Å². The first-order valence-electron chi connectivity index (χ1n) is 11.2. The molecular weight excluding hydrogens is 504 g/mol. The lowest BCUT2D eigenvalue weighted by Crippen LogP contribution is -2.79. The number of aromatic nitrogens is 3. The minimum atomic E-state index is -4.45. The van der Waals surface area contributed by atoms with Crippen molar-refractivity contribution in [2.75, 3.05) is 0 Å². The second-order valence-corrected chi connectivity index (χ2v) is 10.2. The Morgan fingerprint density at radius 1 is 1.22 bits per heavy atom. The number of alkyl halides is 3. The predicted molar refractivity (Wildman–Crippen MR) is 119 cm³/mol. The van der Waals surface area contributed by atoms with Gasteiger partial charge in [-0.05, 0) is 37.5 Å². The molecule has 3 aromatic rings. The smallest absolute Gasteiger partial charge is 0.417 e. The molecule has 2 atom stereocenters. The molecule has 12 heteroatoms. The van der Waals surface area contributed by atoms with Crippen molar-refractivity contribution >= 4 is 17.5 Å². The molecule has 3 heterocycles. The minimum absolute atomic E-state index is 0.0185. The van der Waals surface area contributed by atoms with Gasteiger partial charge in [-0.15, -0.1) is 0 Å². The zero-order valence-corrected chi connectivity index (χ0v) is 19.3. The zero-order valence-electron chi connectivity index (χ0n) is 18.5. The lowest BCUT2D eigenvalue weighted by atomic mass is 9.44. The van der Waals surface area contributed by atoms with Crippen LogP contribution in [0.1, 0.15) is 42.9 Å². The van der Waals surface area contributed by atoms with E-state index in [9.17, 15) is 27.5 Å². The third kappa shape index (κ3) is 3.64. The Balaban J connectivity index is 1.09. The first-order chi connectivity index (χ1) is 17.0. The van der Waals surface area contributed by atoms with Gasteiger partial charge in [0.25, 0.3) is 5.91 Å². The van der Waals surface area contributed by atoms with E-state index in [0.29, 0.717) is 36.1 Å². The molecule has 188 valence electrons. The largest absolute Gasteiger partial charge is 0.480 e. The van der Waals surface area contributed by atoms with Gasteiger partial charge in [-0.2, -0.15) is 18.3 Å². The first-order valence-corrected chi connectivity index (χ1v) is 11.6. The Hall–Kier alpha value is -3.18. The van der Waals surface area contributed by atoms with E-state index in [1.54, 1.807) is 17.1 Å². The molecule has 4 aliphatic rings. The van der Waals surface area contributed by atoms with Crippen LogP contribution in [0.3, 0.4) is 0 Å². The summed E-state index contributed by atoms with van der Waals surface area (Å²) in [5.74, 6) is -1.00. The van der Waals surface area contributed by atoms with Crippen molar-refractivity contribution in [2.24, 2.45) is 0 Å². The van der Waals surface area contributed by atoms with Gasteiger partial charge in [0.2, 0.25) is 0 Å². The molecule has 3 aliphatic carbocycles. The molecule has 1 aliphatic heterocycles. The predicted octanol–water partition coefficient (Wildman–Crippen LogP) is 4.39. The highest BCUT2D eigenvalue weighted by atomic mass is 35.5. The third-order valence-electron chi connectivity index (χ3n) is 7.26. The number of carbonyl (C=O) groups excluding carboxylic acids is 1. The number of hydrogen-bond acceptors (Lipinski definition) is 5. The summed E-state index contributed by atoms with van der Waals surface area (Å²) >= 11 is 5.78. The zero-order chi connectivity index (χ0) is 25.5. The Morgan fingerprint density at radius 2 is 1.97 bits per heavy atom. The van der Waals surface area contributed by atoms with E-state index in [1.807, 2.05) is 0 Å². The van der Waals surface area contributed by atoms with Gasteiger partial charge >= 0.3 is 6.18 Å². The monoisotopic (exact) mass is 522 g/mol. The summed E-state index contributed by atoms with van der Waals surface area (Å²) in [6.45, 7) is 0. The van der Waals surface area contributed by atoms with E-state index < -0.39 is 41.2 Å². The maximum Gasteiger partial charge on any atom is 0.417 e. The fourth-order valence-corrected chi connectivity index (χ4v) is 5.67. The van der Waals surface area contributed by atoms with Crippen molar-refractivity contribution in [1.82, 2.24) is 20.1 Å². The maximum atomic E-state index is 13.8. The van der Waals surface area contributed by atoms with Crippen molar-refractivity contribution in [1.29, 1.82) is 0 Å². The van der Waals surface area contributed by atoms with Crippen LogP contribution in [0.2, 0.25) is 5.02 Å². The standard InChI is InChI=1S/C24H19ClF4N4O3/c25-15-3-14-18(34)5-20(36-19(14)4-16(15)26)21(35)32-22-9-23(10-22,11-22)33-8-12(6-31-33)17-2-1-13(7-30-17)24(27,28)29/h1-4,6-8,18,20,34H,5,9-11H2,(H,32,35)/t18-,20+,22?,23?/m1/s1. The number of fused-ring (bicyclic) bond motifs is 1. The van der Waals surface area contributed by atoms with E-state index >= 15 is 0 Å². The SMILES string of the molecule is O=C(NC12CC(n3cc(-c4ccc(C(F)(F)F)cn4)cn3)(C1)C2)[C@@H]1C[C@@H](O)c2cc(Cl)c(F)cc2O1. The number of aliphatic hydroxyl groups excluding tert-OH is 1. The Kier molecular flexibility index (Phi) is 4.94. The maximum absolute atomic E-state index is 13.8. The molecule has 1 aromatic carbocycles. The number of halogens is 5. The Labute approximate surface area is 207 Å². The van der Waals surface area contributed by atoms with Crippen LogP contribution in [0, 0.1) is 5.82 Å². The van der Waals surface area contributed by atoms with E-state index in [1.165, 1.54) is 12.1 Å². The highest BCUT2D eigenvalue weighted by Crippen LogP contribution is 2.65. The van der Waals surface area contributed by atoms with E-state index in [-0.39, 0.29) is 22.7 Å². The van der Waals surface area contributed by atoms with Crippen molar-refractivity contribution in [3.8, 4) is 17.0 Å². The number of rotatable bonds is 4. The quantitative estimate of drug-likeness (QED) is 0.496. The molecule has 0 saturated heterocycles. The van der Waals surface area contributed by atoms with Gasteiger partial charge in [0, 0.05) is 41.5 Å². The van der Waals surface area contributed by atoms with Gasteiger partial charge < -0.3 is 15.2 Å². The van der Waals surface area contributed by atoms with Gasteiger partial charge in [0.15, 0.2) is 6.10 Å². The van der Waals surface area contributed by atoms with Gasteiger partial charge in [-0.1, -0.05) is 11.6 Å². The summed E-state index contributed by atoms with van der Waals surface area (Å²) < 4.78 is 59.6. The van der Waals surface area contributed by atoms with E-state index in [0.717, 1.165) is 18.3 Å². The molecule has 0 unspecified atom stereocenters. The fourth-order valence-electron chi connectivity index (χ4n) is 5.50. The van der Waals surface area contributed by atoms with Crippen LogP contribution >= 0.6 is 11.6 Å². The van der Waals surface area contributed by atoms with Crippen LogP contribution in [0.25, 0.3) is 11.3 Å². The van der Waals surface area contributed by atoms with Crippen molar-refractivity contribution in [2.45, 2.75) is 55.1 Å². The van der Waals surface area contributed by atoms with Crippen molar-refractivity contribution < 1.29 is 32.2 Å². The highest BCUT2D eigenvalue weighted by Gasteiger charge is 2.70. The molecular formula is C24H19ClF4N4O3. The number of aliphatic hydroxyl groups is 1. The minimum Gasteiger partial charge on any atom is -0.480 e. The van der Waals surface area contributed by atoms with Gasteiger partial charge in [0.1, 0.15) is 11.6 Å². The fraction of sp³-hybridized carbons (Fsp3) is 0.375. The number of carbonyl (C=O) groups is 1. The number of ether oxygens (including phenoxy) is 1. The molecule has 1 amide bonds. The lowest BCUT2D eigenvalue weighted by Gasteiger charge is -2.70. The molecule has 7 nitrogen and oxygen atoms in total. The second kappa shape index (κ2) is 7.66. The highest BCUT2D eigenvalue weighted by molar-refractivity contribution is 6.30. The van der Waals surface area contributed by atoms with Crippen molar-refractivity contribution in [3.63, 3.8) is 0 Å². The average Bonchev–Trinajstić information content (AvgIpc) is 3.26. The molecule has 0 radical (unpaired) electrons. The molecule has 7 rings (SSSR count). The molecule has 3 fully saturated rings. The van der Waals surface area contributed by atoms with Crippen LogP contribution in [0.5, 0.6) is 5.75 Å². The molecule has 2 bridgehead atoms. The van der Waals surface area contributed by atoms with E-state index in [4.69, 9.17) is 16.3 Å². The molecule has 2 aromatic heterocycles. The topological polar surface area (TPSA) is 89.3 Å². The van der Waals surface area contributed by atoms with Gasteiger partial charge in [-0.3, -0.25) is 14.5 Å². The van der Waals surface area contributed by atoms with Gasteiger partial charge in [0.05, 0.1) is 34.1 Å². The number of hydrogen-bond donors (Lipinski definition) is 2. The number of amides is 1. The third-order valence-corrected chi connectivity index (χ3v) is 7.55. The lowest BCUT2D eigenvalue weighted by molar-refractivity contribution is -0.165. The summed E-state index contributed by atoms with van der Waals surface area (Å²) in [5, 5.41) is 17.7. The number of pyridine rings is 1. The molecule has 2 N–H and O–H groups in total. The Bertz CT molecular complexity index is 1350. The summed E-state index contributed by atoms with van der Waals surface area (Å²) in [6, 6.07) is 4.66. The van der Waals surface area contributed by atoms with Crippen LogP contribution in [-0.2, 0) is 16.5 Å². The normalized spacial score (nSPS) is 28.4. The summed E-state index contributed by atoms with van der Waals surface area (Å²) in [6.07, 6.45) is -0.429. The molecule has 36 heavy (non-hydrogen) atoms. The number of benzene rings is 1. The number of nitrogens with one attached hydrogen (secondary N) is 1. The second-order valence-electron chi connectivity index (χ2n) is 9.79. The van der Waals surface area contributed by atoms with Crippen LogP contribution in [0.4, 0.5) is 17.6 Å². The average molecular weight is 523 g/mol. The number of nitrogens with zero attached hydrogens (tertiary/aromatic N) is 3. The Morgan fingerprint density at radius 3 is 2.64 bits per heavy atom. The first kappa shape index (κ1) is 23.2. The van der Waals surface area contributed by atoms with Crippen molar-refractivity contribution in [3.05, 3.63) is 64.8 Å². The van der Waals surface area contributed by atoms with Gasteiger partial charge in [-0.25, -0.2) is 4.39 Å². The summed E-state index contributed by atoms with van der Waals surface area (Å²) in [7, 11) is 0. The molecule has 3 saturated carbocycles. The van der Waals surface area contributed by atoms with Crippen LogP contribution < -0.4 is 10.1 Å². The van der Waals surface area contributed by atoms with E-state index in [2.05, 4.69) is 15.4 Å². The summed E-state index contributed by atoms with van der Waals surface area (Å²) in [4.78, 5) is 16.8. The summed E-state index contributed by atoms with van der Waals surface area (Å²) in [5.41, 5.74) is -0.196.